The summed E-state index contributed by atoms with van der Waals surface area (Å²) in [4.78, 5) is 10.8. The maximum Gasteiger partial charge on any atom is 0.333 e. The Morgan fingerprint density at radius 3 is 2.56 bits per heavy atom. The van der Waals surface area contributed by atoms with Gasteiger partial charge in [0.1, 0.15) is 5.75 Å². The molecule has 4 nitrogen and oxygen atoms in total. The van der Waals surface area contributed by atoms with Gasteiger partial charge >= 0.3 is 5.97 Å². The molecule has 0 heterocycles. The van der Waals surface area contributed by atoms with Crippen LogP contribution in [0.25, 0.3) is 0 Å². The third-order valence-electron chi connectivity index (χ3n) is 2.45. The van der Waals surface area contributed by atoms with Gasteiger partial charge in [0.05, 0.1) is 6.61 Å². The third-order valence-corrected chi connectivity index (χ3v) is 3.01. The summed E-state index contributed by atoms with van der Waals surface area (Å²) in [5.41, 5.74) is 0.914. The number of carbonyl (C=O) groups is 1. The zero-order valence-corrected chi connectivity index (χ0v) is 11.9. The lowest BCUT2D eigenvalue weighted by atomic mass is 10.1. The van der Waals surface area contributed by atoms with Crippen LogP contribution in [0.4, 0.5) is 0 Å². The van der Waals surface area contributed by atoms with Crippen LogP contribution < -0.4 is 4.74 Å². The van der Waals surface area contributed by atoms with Crippen LogP contribution in [0.5, 0.6) is 5.75 Å². The summed E-state index contributed by atoms with van der Waals surface area (Å²) >= 11 is 3.33. The van der Waals surface area contributed by atoms with Crippen molar-refractivity contribution in [1.82, 2.24) is 0 Å². The molecule has 0 radical (unpaired) electrons. The first-order valence-corrected chi connectivity index (χ1v) is 6.83. The van der Waals surface area contributed by atoms with Crippen LogP contribution in [-0.2, 0) is 16.0 Å². The fraction of sp³-hybridized carbons (Fsp3) is 0.462. The lowest BCUT2D eigenvalue weighted by molar-refractivity contribution is -0.148. The van der Waals surface area contributed by atoms with E-state index in [0.29, 0.717) is 13.0 Å². The van der Waals surface area contributed by atoms with Gasteiger partial charge in [-0.3, -0.25) is 0 Å². The SMILES string of the molecule is CO[C@@H](Cc1ccc(OCCCBr)cc1)C(=O)O. The number of carboxylic acids is 1. The summed E-state index contributed by atoms with van der Waals surface area (Å²) in [5, 5.41) is 9.79. The van der Waals surface area contributed by atoms with Crippen LogP contribution in [0.2, 0.25) is 0 Å². The molecule has 0 saturated carbocycles. The maximum atomic E-state index is 10.8. The lowest BCUT2D eigenvalue weighted by Gasteiger charge is -2.11. The average Bonchev–Trinajstić information content (AvgIpc) is 2.37. The minimum Gasteiger partial charge on any atom is -0.494 e. The molecule has 0 spiro atoms. The summed E-state index contributed by atoms with van der Waals surface area (Å²) in [6.07, 6.45) is 0.505. The van der Waals surface area contributed by atoms with Crippen molar-refractivity contribution in [2.75, 3.05) is 19.0 Å². The zero-order chi connectivity index (χ0) is 13.4. The van der Waals surface area contributed by atoms with Crippen molar-refractivity contribution in [3.05, 3.63) is 29.8 Å². The van der Waals surface area contributed by atoms with E-state index in [4.69, 9.17) is 14.6 Å². The monoisotopic (exact) mass is 316 g/mol. The Morgan fingerprint density at radius 2 is 2.06 bits per heavy atom. The molecule has 0 aromatic heterocycles. The van der Waals surface area contributed by atoms with E-state index in [1.165, 1.54) is 7.11 Å². The molecule has 0 fully saturated rings. The van der Waals surface area contributed by atoms with E-state index in [9.17, 15) is 4.79 Å². The molecule has 1 rings (SSSR count). The van der Waals surface area contributed by atoms with Crippen LogP contribution in [-0.4, -0.2) is 36.2 Å². The highest BCUT2D eigenvalue weighted by Gasteiger charge is 2.16. The molecule has 0 aliphatic carbocycles. The lowest BCUT2D eigenvalue weighted by Crippen LogP contribution is -2.24. The standard InChI is InChI=1S/C13H17BrO4/c1-17-12(13(15)16)9-10-3-5-11(6-4-10)18-8-2-7-14/h3-6,12H,2,7-9H2,1H3,(H,15,16)/t12-/m0/s1. The fourth-order valence-corrected chi connectivity index (χ4v) is 1.68. The zero-order valence-electron chi connectivity index (χ0n) is 10.3. The van der Waals surface area contributed by atoms with E-state index in [2.05, 4.69) is 15.9 Å². The molecule has 1 aromatic rings. The molecule has 0 bridgehead atoms. The smallest absolute Gasteiger partial charge is 0.333 e. The largest absolute Gasteiger partial charge is 0.494 e. The van der Waals surface area contributed by atoms with Gasteiger partial charge in [-0.15, -0.1) is 0 Å². The van der Waals surface area contributed by atoms with Crippen LogP contribution in [0, 0.1) is 0 Å². The second-order valence-corrected chi connectivity index (χ2v) is 4.59. The summed E-state index contributed by atoms with van der Waals surface area (Å²) in [5.74, 6) is -0.154. The van der Waals surface area contributed by atoms with Gasteiger partial charge in [-0.1, -0.05) is 28.1 Å². The first kappa shape index (κ1) is 15.0. The first-order chi connectivity index (χ1) is 8.67. The minimum atomic E-state index is -0.949. The van der Waals surface area contributed by atoms with E-state index in [1.54, 1.807) is 0 Å². The van der Waals surface area contributed by atoms with Crippen molar-refractivity contribution in [2.24, 2.45) is 0 Å². The van der Waals surface area contributed by atoms with Crippen molar-refractivity contribution in [3.8, 4) is 5.75 Å². The Balaban J connectivity index is 2.51. The number of ether oxygens (including phenoxy) is 2. The predicted octanol–water partition coefficient (Wildman–Crippen LogP) is 2.49. The number of methoxy groups -OCH3 is 1. The van der Waals surface area contributed by atoms with E-state index in [-0.39, 0.29) is 0 Å². The number of halogens is 1. The Labute approximate surface area is 115 Å². The second kappa shape index (κ2) is 8.11. The summed E-state index contributed by atoms with van der Waals surface area (Å²) in [6.45, 7) is 0.667. The highest BCUT2D eigenvalue weighted by molar-refractivity contribution is 9.09. The molecule has 0 aliphatic heterocycles. The van der Waals surface area contributed by atoms with Gasteiger partial charge in [0.25, 0.3) is 0 Å². The normalized spacial score (nSPS) is 12.1. The molecule has 1 atom stereocenters. The molecule has 0 aliphatic rings. The number of hydrogen-bond acceptors (Lipinski definition) is 3. The van der Waals surface area contributed by atoms with Gasteiger partial charge in [-0.2, -0.15) is 0 Å². The quantitative estimate of drug-likeness (QED) is 0.591. The van der Waals surface area contributed by atoms with Crippen LogP contribution in [0.1, 0.15) is 12.0 Å². The molecule has 0 amide bonds. The van der Waals surface area contributed by atoms with Crippen molar-refractivity contribution >= 4 is 21.9 Å². The molecule has 18 heavy (non-hydrogen) atoms. The van der Waals surface area contributed by atoms with Crippen molar-refractivity contribution in [1.29, 1.82) is 0 Å². The summed E-state index contributed by atoms with van der Waals surface area (Å²) in [7, 11) is 1.40. The number of aliphatic carboxylic acids is 1. The Morgan fingerprint density at radius 1 is 1.39 bits per heavy atom. The maximum absolute atomic E-state index is 10.8. The fourth-order valence-electron chi connectivity index (χ4n) is 1.45. The molecular formula is C13H17BrO4. The molecule has 0 unspecified atom stereocenters. The van der Waals surface area contributed by atoms with Crippen molar-refractivity contribution in [3.63, 3.8) is 0 Å². The second-order valence-electron chi connectivity index (χ2n) is 3.80. The van der Waals surface area contributed by atoms with Crippen LogP contribution >= 0.6 is 15.9 Å². The predicted molar refractivity (Wildman–Crippen MR) is 72.5 cm³/mol. The average molecular weight is 317 g/mol. The van der Waals surface area contributed by atoms with E-state index in [0.717, 1.165) is 23.1 Å². The number of hydrogen-bond donors (Lipinski definition) is 1. The van der Waals surface area contributed by atoms with Gasteiger partial charge in [0.2, 0.25) is 0 Å². The molecule has 100 valence electrons. The number of carboxylic acid groups (broad SMARTS) is 1. The van der Waals surface area contributed by atoms with Gasteiger partial charge < -0.3 is 14.6 Å². The minimum absolute atomic E-state index is 0.355. The topological polar surface area (TPSA) is 55.8 Å². The van der Waals surface area contributed by atoms with E-state index < -0.39 is 12.1 Å². The summed E-state index contributed by atoms with van der Waals surface area (Å²) in [6, 6.07) is 7.41. The van der Waals surface area contributed by atoms with Crippen molar-refractivity contribution < 1.29 is 19.4 Å². The molecule has 0 saturated heterocycles. The molecule has 1 aromatic carbocycles. The Hall–Kier alpha value is -1.07. The van der Waals surface area contributed by atoms with Gasteiger partial charge in [-0.05, 0) is 24.1 Å². The van der Waals surface area contributed by atoms with E-state index >= 15 is 0 Å². The summed E-state index contributed by atoms with van der Waals surface area (Å²) < 4.78 is 10.4. The van der Waals surface area contributed by atoms with E-state index in [1.807, 2.05) is 24.3 Å². The van der Waals surface area contributed by atoms with Crippen LogP contribution in [0.15, 0.2) is 24.3 Å². The van der Waals surface area contributed by atoms with Crippen LogP contribution in [0.3, 0.4) is 0 Å². The molecule has 1 N–H and O–H groups in total. The Bertz CT molecular complexity index is 364. The number of alkyl halides is 1. The van der Waals surface area contributed by atoms with Gasteiger partial charge in [0, 0.05) is 18.9 Å². The molecule has 5 heteroatoms. The highest BCUT2D eigenvalue weighted by Crippen LogP contribution is 2.14. The molecular weight excluding hydrogens is 300 g/mol. The van der Waals surface area contributed by atoms with Gasteiger partial charge in [0.15, 0.2) is 6.10 Å². The van der Waals surface area contributed by atoms with Crippen molar-refractivity contribution in [2.45, 2.75) is 18.9 Å². The number of rotatable bonds is 8. The van der Waals surface area contributed by atoms with Gasteiger partial charge in [-0.25, -0.2) is 4.79 Å². The first-order valence-electron chi connectivity index (χ1n) is 5.70. The highest BCUT2D eigenvalue weighted by atomic mass is 79.9. The Kier molecular flexibility index (Phi) is 6.75. The third kappa shape index (κ3) is 5.06. The number of benzene rings is 1.